The Balaban J connectivity index is 3.44. The third-order valence-corrected chi connectivity index (χ3v) is 1.38. The Morgan fingerprint density at radius 2 is 1.50 bits per heavy atom. The summed E-state index contributed by atoms with van der Waals surface area (Å²) < 4.78 is 19.6. The molecule has 0 heterocycles. The Labute approximate surface area is 62.5 Å². The van der Waals surface area contributed by atoms with Gasteiger partial charge < -0.3 is 11.5 Å². The molecule has 0 saturated carbocycles. The minimum Gasteiger partial charge on any atom is -0.305 e. The SMILES string of the molecule is CC(N)OS(=O)OC(C)N. The van der Waals surface area contributed by atoms with Crippen molar-refractivity contribution in [3.8, 4) is 0 Å². The molecular weight excluding hydrogens is 156 g/mol. The van der Waals surface area contributed by atoms with Gasteiger partial charge in [-0.15, -0.1) is 0 Å². The molecule has 0 aromatic heterocycles. The highest BCUT2D eigenvalue weighted by Gasteiger charge is 2.05. The predicted octanol–water partition coefficient (Wildman–Crippen LogP) is -0.792. The third-order valence-electron chi connectivity index (χ3n) is 0.461. The van der Waals surface area contributed by atoms with Crippen molar-refractivity contribution in [1.29, 1.82) is 0 Å². The summed E-state index contributed by atoms with van der Waals surface area (Å²) >= 11 is -1.83. The van der Waals surface area contributed by atoms with E-state index in [9.17, 15) is 4.21 Å². The van der Waals surface area contributed by atoms with Gasteiger partial charge in [-0.2, -0.15) is 4.21 Å². The van der Waals surface area contributed by atoms with Crippen LogP contribution in [0.4, 0.5) is 0 Å². The van der Waals surface area contributed by atoms with E-state index in [0.717, 1.165) is 0 Å². The molecule has 0 aromatic rings. The molecule has 5 nitrogen and oxygen atoms in total. The van der Waals surface area contributed by atoms with Gasteiger partial charge >= 0.3 is 11.4 Å². The molecule has 0 aliphatic heterocycles. The zero-order chi connectivity index (χ0) is 8.15. The predicted molar refractivity (Wildman–Crippen MR) is 37.6 cm³/mol. The maximum absolute atomic E-state index is 10.6. The van der Waals surface area contributed by atoms with Crippen LogP contribution in [0, 0.1) is 0 Å². The number of rotatable bonds is 4. The average molecular weight is 168 g/mol. The van der Waals surface area contributed by atoms with Crippen molar-refractivity contribution in [3.05, 3.63) is 0 Å². The second-order valence-electron chi connectivity index (χ2n) is 1.81. The Morgan fingerprint density at radius 3 is 1.70 bits per heavy atom. The highest BCUT2D eigenvalue weighted by Crippen LogP contribution is 1.93. The Kier molecular flexibility index (Phi) is 4.75. The summed E-state index contributed by atoms with van der Waals surface area (Å²) in [5.74, 6) is 0. The van der Waals surface area contributed by atoms with Crippen molar-refractivity contribution in [2.45, 2.75) is 26.3 Å². The summed E-state index contributed by atoms with van der Waals surface area (Å²) in [5, 5.41) is 0. The van der Waals surface area contributed by atoms with Crippen LogP contribution in [0.15, 0.2) is 0 Å². The summed E-state index contributed by atoms with van der Waals surface area (Å²) in [6, 6.07) is 0. The molecule has 0 radical (unpaired) electrons. The van der Waals surface area contributed by atoms with Gasteiger partial charge in [0, 0.05) is 0 Å². The molecule has 0 aliphatic rings. The first kappa shape index (κ1) is 9.99. The van der Waals surface area contributed by atoms with Gasteiger partial charge in [-0.05, 0) is 13.8 Å². The minimum absolute atomic E-state index is 0.611. The summed E-state index contributed by atoms with van der Waals surface area (Å²) in [6.45, 7) is 3.09. The molecule has 0 spiro atoms. The van der Waals surface area contributed by atoms with E-state index in [-0.39, 0.29) is 0 Å². The zero-order valence-corrected chi connectivity index (χ0v) is 6.76. The van der Waals surface area contributed by atoms with Crippen LogP contribution in [0.2, 0.25) is 0 Å². The Bertz CT molecular complexity index is 105. The smallest absolute Gasteiger partial charge is 0.305 e. The molecule has 0 fully saturated rings. The van der Waals surface area contributed by atoms with Crippen molar-refractivity contribution < 1.29 is 12.6 Å². The molecule has 0 saturated heterocycles. The average Bonchev–Trinajstić information content (AvgIpc) is 1.58. The van der Waals surface area contributed by atoms with Gasteiger partial charge in [-0.25, -0.2) is 8.37 Å². The van der Waals surface area contributed by atoms with Crippen molar-refractivity contribution in [2.75, 3.05) is 0 Å². The molecule has 0 aliphatic carbocycles. The van der Waals surface area contributed by atoms with E-state index in [0.29, 0.717) is 0 Å². The lowest BCUT2D eigenvalue weighted by Gasteiger charge is -2.07. The standard InChI is InChI=1S/C4H12N2O3S/c1-3(5)8-10(7)9-4(2)6/h3-4H,5-6H2,1-2H3. The highest BCUT2D eigenvalue weighted by atomic mass is 32.2. The molecular formula is C4H12N2O3S. The van der Waals surface area contributed by atoms with Crippen LogP contribution in [-0.4, -0.2) is 16.7 Å². The molecule has 0 aromatic carbocycles. The summed E-state index contributed by atoms with van der Waals surface area (Å²) in [6.07, 6.45) is -1.22. The van der Waals surface area contributed by atoms with Crippen LogP contribution < -0.4 is 11.5 Å². The molecule has 10 heavy (non-hydrogen) atoms. The maximum atomic E-state index is 10.6. The van der Waals surface area contributed by atoms with E-state index in [1.54, 1.807) is 13.8 Å². The lowest BCUT2D eigenvalue weighted by atomic mass is 10.7. The topological polar surface area (TPSA) is 87.6 Å². The highest BCUT2D eigenvalue weighted by molar-refractivity contribution is 7.75. The first-order valence-electron chi connectivity index (χ1n) is 2.79. The lowest BCUT2D eigenvalue weighted by Crippen LogP contribution is -2.26. The molecule has 0 amide bonds. The van der Waals surface area contributed by atoms with Gasteiger partial charge in [0.15, 0.2) is 0 Å². The fraction of sp³-hybridized carbons (Fsp3) is 1.00. The monoisotopic (exact) mass is 168 g/mol. The number of nitrogens with two attached hydrogens (primary N) is 2. The van der Waals surface area contributed by atoms with Crippen LogP contribution in [0.1, 0.15) is 13.8 Å². The second kappa shape index (κ2) is 4.75. The normalized spacial score (nSPS) is 20.0. The quantitative estimate of drug-likeness (QED) is 0.537. The largest absolute Gasteiger partial charge is 0.307 e. The van der Waals surface area contributed by atoms with Crippen molar-refractivity contribution in [1.82, 2.24) is 0 Å². The van der Waals surface area contributed by atoms with E-state index in [1.807, 2.05) is 0 Å². The van der Waals surface area contributed by atoms with Crippen LogP contribution in [0.3, 0.4) is 0 Å². The number of hydrogen-bond donors (Lipinski definition) is 2. The summed E-state index contributed by atoms with van der Waals surface area (Å²) in [7, 11) is 0. The third kappa shape index (κ3) is 6.12. The first-order valence-corrected chi connectivity index (χ1v) is 3.79. The van der Waals surface area contributed by atoms with Gasteiger partial charge in [0.2, 0.25) is 0 Å². The van der Waals surface area contributed by atoms with Crippen LogP contribution in [0.25, 0.3) is 0 Å². The fourth-order valence-corrected chi connectivity index (χ4v) is 0.812. The molecule has 2 unspecified atom stereocenters. The van der Waals surface area contributed by atoms with Crippen LogP contribution >= 0.6 is 0 Å². The minimum atomic E-state index is -1.83. The van der Waals surface area contributed by atoms with Crippen molar-refractivity contribution in [3.63, 3.8) is 0 Å². The maximum Gasteiger partial charge on any atom is 0.307 e. The van der Waals surface area contributed by atoms with Gasteiger partial charge in [0.1, 0.15) is 12.5 Å². The Hall–Kier alpha value is -0.0100. The summed E-state index contributed by atoms with van der Waals surface area (Å²) in [4.78, 5) is 0. The van der Waals surface area contributed by atoms with Gasteiger partial charge in [0.25, 0.3) is 0 Å². The Morgan fingerprint density at radius 1 is 1.20 bits per heavy atom. The molecule has 0 rings (SSSR count). The molecule has 2 atom stereocenters. The molecule has 62 valence electrons. The lowest BCUT2D eigenvalue weighted by molar-refractivity contribution is 0.170. The molecule has 4 N–H and O–H groups in total. The van der Waals surface area contributed by atoms with E-state index in [2.05, 4.69) is 8.37 Å². The second-order valence-corrected chi connectivity index (χ2v) is 2.60. The van der Waals surface area contributed by atoms with E-state index < -0.39 is 23.8 Å². The van der Waals surface area contributed by atoms with E-state index in [1.165, 1.54) is 0 Å². The van der Waals surface area contributed by atoms with E-state index in [4.69, 9.17) is 11.5 Å². The van der Waals surface area contributed by atoms with Crippen LogP contribution in [0.5, 0.6) is 0 Å². The van der Waals surface area contributed by atoms with Gasteiger partial charge in [-0.3, -0.25) is 0 Å². The van der Waals surface area contributed by atoms with Gasteiger partial charge in [0.05, 0.1) is 0 Å². The molecule has 0 bridgehead atoms. The molecule has 6 heteroatoms. The van der Waals surface area contributed by atoms with E-state index >= 15 is 0 Å². The summed E-state index contributed by atoms with van der Waals surface area (Å²) in [5.41, 5.74) is 10.3. The van der Waals surface area contributed by atoms with Gasteiger partial charge in [-0.1, -0.05) is 0 Å². The van der Waals surface area contributed by atoms with Crippen molar-refractivity contribution in [2.24, 2.45) is 11.5 Å². The fourth-order valence-electron chi connectivity index (χ4n) is 0.271. The van der Waals surface area contributed by atoms with Crippen LogP contribution in [-0.2, 0) is 19.7 Å². The first-order chi connectivity index (χ1) is 4.52. The number of hydrogen-bond acceptors (Lipinski definition) is 5. The zero-order valence-electron chi connectivity index (χ0n) is 5.94. The van der Waals surface area contributed by atoms with Crippen molar-refractivity contribution >= 4 is 11.4 Å².